The molecule has 0 aliphatic heterocycles. The summed E-state index contributed by atoms with van der Waals surface area (Å²) >= 11 is 0. The van der Waals surface area contributed by atoms with Gasteiger partial charge < -0.3 is 15.2 Å². The van der Waals surface area contributed by atoms with E-state index in [4.69, 9.17) is 10.5 Å². The summed E-state index contributed by atoms with van der Waals surface area (Å²) in [7, 11) is 0. The minimum absolute atomic E-state index is 0.113. The lowest BCUT2D eigenvalue weighted by Gasteiger charge is -2.26. The van der Waals surface area contributed by atoms with Crippen molar-refractivity contribution in [3.63, 3.8) is 0 Å². The van der Waals surface area contributed by atoms with Crippen molar-refractivity contribution in [2.75, 3.05) is 12.0 Å². The highest BCUT2D eigenvalue weighted by molar-refractivity contribution is 5.86. The van der Waals surface area contributed by atoms with Crippen molar-refractivity contribution in [3.8, 4) is 11.6 Å². The van der Waals surface area contributed by atoms with Crippen LogP contribution in [0.25, 0.3) is 16.7 Å². The van der Waals surface area contributed by atoms with E-state index < -0.39 is 0 Å². The maximum Gasteiger partial charge on any atom is 0.224 e. The van der Waals surface area contributed by atoms with Crippen LogP contribution in [-0.2, 0) is 0 Å². The molecule has 0 bridgehead atoms. The number of anilines is 1. The number of rotatable bonds is 5. The summed E-state index contributed by atoms with van der Waals surface area (Å²) in [6.07, 6.45) is 6.74. The molecular formula is C18H22N6O2. The molecule has 2 heterocycles. The Hall–Kier alpha value is -2.71. The van der Waals surface area contributed by atoms with Crippen molar-refractivity contribution in [3.05, 3.63) is 36.7 Å². The summed E-state index contributed by atoms with van der Waals surface area (Å²) in [5, 5.41) is 18.3. The average molecular weight is 354 g/mol. The minimum atomic E-state index is -0.180. The molecule has 0 unspecified atom stereocenters. The highest BCUT2D eigenvalue weighted by Gasteiger charge is 2.20. The van der Waals surface area contributed by atoms with E-state index in [1.54, 1.807) is 17.1 Å². The van der Waals surface area contributed by atoms with Crippen molar-refractivity contribution in [1.29, 1.82) is 0 Å². The van der Waals surface area contributed by atoms with Crippen LogP contribution in [0.4, 0.5) is 5.95 Å². The molecule has 0 amide bonds. The first kappa shape index (κ1) is 16.7. The van der Waals surface area contributed by atoms with E-state index in [0.29, 0.717) is 17.5 Å². The molecule has 3 aromatic rings. The first-order valence-corrected chi connectivity index (χ1v) is 8.82. The van der Waals surface area contributed by atoms with E-state index >= 15 is 0 Å². The number of nitrogens with one attached hydrogen (secondary N) is 1. The molecule has 0 atom stereocenters. The molecular weight excluding hydrogens is 332 g/mol. The molecule has 1 aliphatic carbocycles. The fourth-order valence-electron chi connectivity index (χ4n) is 3.36. The van der Waals surface area contributed by atoms with Gasteiger partial charge in [-0.15, -0.1) is 0 Å². The van der Waals surface area contributed by atoms with Crippen LogP contribution in [0.1, 0.15) is 25.7 Å². The highest BCUT2D eigenvalue weighted by Crippen LogP contribution is 2.27. The number of aromatic nitrogens is 4. The van der Waals surface area contributed by atoms with E-state index in [2.05, 4.69) is 20.4 Å². The van der Waals surface area contributed by atoms with Crippen molar-refractivity contribution < 1.29 is 9.84 Å². The first-order chi connectivity index (χ1) is 12.7. The normalized spacial score (nSPS) is 20.2. The Kier molecular flexibility index (Phi) is 4.68. The number of nitrogens with two attached hydrogens (primary N) is 1. The van der Waals surface area contributed by atoms with Crippen LogP contribution in [0.2, 0.25) is 0 Å². The largest absolute Gasteiger partial charge is 0.478 e. The number of nitrogens with zero attached hydrogens (tertiary/aromatic N) is 4. The Labute approximate surface area is 151 Å². The molecule has 1 saturated carbocycles. The van der Waals surface area contributed by atoms with Gasteiger partial charge in [0, 0.05) is 18.3 Å². The lowest BCUT2D eigenvalue weighted by atomic mass is 9.93. The topological polar surface area (TPSA) is 111 Å². The number of aliphatic hydroxyl groups is 1. The van der Waals surface area contributed by atoms with Gasteiger partial charge in [0.05, 0.1) is 23.2 Å². The van der Waals surface area contributed by atoms with Crippen LogP contribution in [0.3, 0.4) is 0 Å². The molecule has 8 heteroatoms. The number of hydrogen-bond acceptors (Lipinski definition) is 7. The number of benzene rings is 1. The third-order valence-electron chi connectivity index (χ3n) is 4.70. The smallest absolute Gasteiger partial charge is 0.224 e. The van der Waals surface area contributed by atoms with Gasteiger partial charge in [-0.1, -0.05) is 6.07 Å². The van der Waals surface area contributed by atoms with E-state index in [1.165, 1.54) is 0 Å². The summed E-state index contributed by atoms with van der Waals surface area (Å²) in [5.41, 5.74) is 6.38. The Bertz CT molecular complexity index is 888. The molecule has 4 rings (SSSR count). The Morgan fingerprint density at radius 1 is 1.23 bits per heavy atom. The summed E-state index contributed by atoms with van der Waals surface area (Å²) in [5.74, 6) is 1.95. The van der Waals surface area contributed by atoms with Gasteiger partial charge in [0.15, 0.2) is 5.82 Å². The molecule has 1 aliphatic rings. The van der Waals surface area contributed by atoms with Gasteiger partial charge in [-0.3, -0.25) is 5.73 Å². The molecule has 1 fully saturated rings. The zero-order valence-electron chi connectivity index (χ0n) is 14.4. The van der Waals surface area contributed by atoms with Gasteiger partial charge in [-0.25, -0.2) is 9.67 Å². The standard InChI is InChI=1S/C18H22N6O2/c19-11-26-16-3-1-2-15-14(16)10-21-24(15)17-8-9-20-18(23-17)22-12-4-6-13(25)7-5-12/h1-3,8-10,12-13,25H,4-7,11,19H2,(H,20,22,23)/t12-,13-. The Morgan fingerprint density at radius 3 is 2.88 bits per heavy atom. The lowest BCUT2D eigenvalue weighted by molar-refractivity contribution is 0.126. The van der Waals surface area contributed by atoms with Crippen LogP contribution < -0.4 is 15.8 Å². The summed E-state index contributed by atoms with van der Waals surface area (Å²) in [6.45, 7) is 0.113. The second-order valence-corrected chi connectivity index (χ2v) is 6.44. The third-order valence-corrected chi connectivity index (χ3v) is 4.70. The van der Waals surface area contributed by atoms with Gasteiger partial charge in [0.1, 0.15) is 12.5 Å². The fourth-order valence-corrected chi connectivity index (χ4v) is 3.36. The van der Waals surface area contributed by atoms with Crippen LogP contribution >= 0.6 is 0 Å². The maximum absolute atomic E-state index is 9.63. The van der Waals surface area contributed by atoms with Crippen LogP contribution in [0.15, 0.2) is 36.7 Å². The summed E-state index contributed by atoms with van der Waals surface area (Å²) < 4.78 is 7.22. The number of aliphatic hydroxyl groups excluding tert-OH is 1. The highest BCUT2D eigenvalue weighted by atomic mass is 16.5. The second-order valence-electron chi connectivity index (χ2n) is 6.44. The Morgan fingerprint density at radius 2 is 2.08 bits per heavy atom. The molecule has 136 valence electrons. The molecule has 2 aromatic heterocycles. The monoisotopic (exact) mass is 354 g/mol. The van der Waals surface area contributed by atoms with Gasteiger partial charge in [0.25, 0.3) is 0 Å². The Balaban J connectivity index is 1.60. The zero-order chi connectivity index (χ0) is 17.9. The van der Waals surface area contributed by atoms with Gasteiger partial charge >= 0.3 is 0 Å². The molecule has 8 nitrogen and oxygen atoms in total. The predicted octanol–water partition coefficient (Wildman–Crippen LogP) is 1.83. The fraction of sp³-hybridized carbons (Fsp3) is 0.389. The quantitative estimate of drug-likeness (QED) is 0.599. The van der Waals surface area contributed by atoms with Crippen LogP contribution in [0.5, 0.6) is 5.75 Å². The van der Waals surface area contributed by atoms with Gasteiger partial charge in [-0.05, 0) is 37.8 Å². The van der Waals surface area contributed by atoms with Gasteiger partial charge in [0.2, 0.25) is 5.95 Å². The SMILES string of the molecule is NCOc1cccc2c1cnn2-c1ccnc(N[C@H]2CC[C@H](O)CC2)n1. The minimum Gasteiger partial charge on any atom is -0.478 e. The van der Waals surface area contributed by atoms with Crippen molar-refractivity contribution in [2.45, 2.75) is 37.8 Å². The summed E-state index contributed by atoms with van der Waals surface area (Å²) in [4.78, 5) is 8.93. The average Bonchev–Trinajstić information content (AvgIpc) is 3.09. The number of fused-ring (bicyclic) bond motifs is 1. The first-order valence-electron chi connectivity index (χ1n) is 8.82. The molecule has 0 spiro atoms. The maximum atomic E-state index is 9.63. The molecule has 4 N–H and O–H groups in total. The van der Waals surface area contributed by atoms with E-state index in [1.807, 2.05) is 24.3 Å². The zero-order valence-corrected chi connectivity index (χ0v) is 14.4. The van der Waals surface area contributed by atoms with Crippen LogP contribution in [0, 0.1) is 0 Å². The van der Waals surface area contributed by atoms with Crippen molar-refractivity contribution >= 4 is 16.9 Å². The number of ether oxygens (including phenoxy) is 1. The van der Waals surface area contributed by atoms with E-state index in [9.17, 15) is 5.11 Å². The molecule has 0 saturated heterocycles. The predicted molar refractivity (Wildman–Crippen MR) is 98.2 cm³/mol. The second kappa shape index (κ2) is 7.27. The van der Waals surface area contributed by atoms with E-state index in [-0.39, 0.29) is 18.9 Å². The van der Waals surface area contributed by atoms with Crippen molar-refractivity contribution in [1.82, 2.24) is 19.7 Å². The third kappa shape index (κ3) is 3.33. The van der Waals surface area contributed by atoms with Gasteiger partial charge in [-0.2, -0.15) is 10.1 Å². The number of hydrogen-bond donors (Lipinski definition) is 3. The van der Waals surface area contributed by atoms with Crippen molar-refractivity contribution in [2.24, 2.45) is 5.73 Å². The molecule has 26 heavy (non-hydrogen) atoms. The molecule has 1 aromatic carbocycles. The van der Waals surface area contributed by atoms with E-state index in [0.717, 1.165) is 36.6 Å². The molecule has 0 radical (unpaired) electrons. The lowest BCUT2D eigenvalue weighted by Crippen LogP contribution is -2.29. The van der Waals surface area contributed by atoms with Crippen LogP contribution in [-0.4, -0.2) is 43.7 Å². The summed E-state index contributed by atoms with van der Waals surface area (Å²) in [6, 6.07) is 7.83.